The molecule has 2 atom stereocenters. The summed E-state index contributed by atoms with van der Waals surface area (Å²) >= 11 is 0. The molecule has 0 bridgehead atoms. The minimum Gasteiger partial charge on any atom is -0.481 e. The van der Waals surface area contributed by atoms with Crippen molar-refractivity contribution < 1.29 is 19.1 Å². The van der Waals surface area contributed by atoms with E-state index >= 15 is 0 Å². The van der Waals surface area contributed by atoms with Crippen molar-refractivity contribution >= 4 is 11.8 Å². The highest BCUT2D eigenvalue weighted by atomic mass is 16.5. The van der Waals surface area contributed by atoms with E-state index in [-0.39, 0.29) is 11.8 Å². The highest BCUT2D eigenvalue weighted by molar-refractivity contribution is 5.81. The summed E-state index contributed by atoms with van der Waals surface area (Å²) in [6.07, 6.45) is 0.696. The Morgan fingerprint density at radius 3 is 1.55 bits per heavy atom. The summed E-state index contributed by atoms with van der Waals surface area (Å²) in [7, 11) is 0. The van der Waals surface area contributed by atoms with Crippen molar-refractivity contribution in [2.75, 3.05) is 13.1 Å². The van der Waals surface area contributed by atoms with Crippen LogP contribution in [0.3, 0.4) is 0 Å². The minimum absolute atomic E-state index is 0.149. The van der Waals surface area contributed by atoms with Gasteiger partial charge in [-0.1, -0.05) is 38.1 Å². The van der Waals surface area contributed by atoms with Crippen LogP contribution < -0.4 is 20.1 Å². The summed E-state index contributed by atoms with van der Waals surface area (Å²) in [4.78, 5) is 24.8. The van der Waals surface area contributed by atoms with Crippen LogP contribution in [-0.4, -0.2) is 37.1 Å². The molecule has 2 rings (SSSR count). The van der Waals surface area contributed by atoms with E-state index in [1.165, 1.54) is 0 Å². The van der Waals surface area contributed by atoms with E-state index in [1.807, 2.05) is 76.2 Å². The largest absolute Gasteiger partial charge is 0.481 e. The van der Waals surface area contributed by atoms with Crippen LogP contribution in [0.2, 0.25) is 0 Å². The maximum Gasteiger partial charge on any atom is 0.261 e. The van der Waals surface area contributed by atoms with Crippen LogP contribution >= 0.6 is 0 Å². The van der Waals surface area contributed by atoms with E-state index in [0.29, 0.717) is 43.9 Å². The van der Waals surface area contributed by atoms with Gasteiger partial charge in [0.15, 0.2) is 12.2 Å². The number of hydrogen-bond acceptors (Lipinski definition) is 4. The van der Waals surface area contributed by atoms with E-state index in [2.05, 4.69) is 10.6 Å². The molecular formula is C25H34N2O4. The van der Waals surface area contributed by atoms with Gasteiger partial charge in [-0.15, -0.1) is 0 Å². The molecule has 2 aromatic rings. The van der Waals surface area contributed by atoms with Crippen molar-refractivity contribution in [3.63, 3.8) is 0 Å². The predicted molar refractivity (Wildman–Crippen MR) is 122 cm³/mol. The molecule has 0 heterocycles. The lowest BCUT2D eigenvalue weighted by atomic mass is 10.2. The van der Waals surface area contributed by atoms with Gasteiger partial charge in [0.2, 0.25) is 0 Å². The molecule has 0 fully saturated rings. The van der Waals surface area contributed by atoms with Crippen molar-refractivity contribution in [3.05, 3.63) is 59.7 Å². The van der Waals surface area contributed by atoms with Crippen molar-refractivity contribution in [2.24, 2.45) is 0 Å². The number of carbonyl (C=O) groups is 2. The Labute approximate surface area is 185 Å². The van der Waals surface area contributed by atoms with Gasteiger partial charge in [0.25, 0.3) is 11.8 Å². The molecule has 6 heteroatoms. The Morgan fingerprint density at radius 2 is 1.19 bits per heavy atom. The van der Waals surface area contributed by atoms with E-state index in [4.69, 9.17) is 9.47 Å². The maximum absolute atomic E-state index is 12.4. The standard InChI is InChI=1S/C25H34N2O4/c1-5-22(30-20-12-7-10-18(3)16-20)24(28)26-14-9-15-27-25(29)23(6-2)31-21-13-8-11-19(4)17-21/h7-8,10-13,16-17,22-23H,5-6,9,14-15H2,1-4H3,(H,26,28)(H,27,29). The van der Waals surface area contributed by atoms with Gasteiger partial charge in [0.1, 0.15) is 11.5 Å². The Balaban J connectivity index is 1.70. The first-order chi connectivity index (χ1) is 14.9. The highest BCUT2D eigenvalue weighted by Crippen LogP contribution is 2.16. The number of rotatable bonds is 12. The SMILES string of the molecule is CCC(Oc1cccc(C)c1)C(=O)NCCCNC(=O)C(CC)Oc1cccc(C)c1. The second-order valence-electron chi connectivity index (χ2n) is 7.60. The van der Waals surface area contributed by atoms with Crippen molar-refractivity contribution in [1.82, 2.24) is 10.6 Å². The van der Waals surface area contributed by atoms with Gasteiger partial charge in [-0.05, 0) is 68.5 Å². The summed E-state index contributed by atoms with van der Waals surface area (Å²) < 4.78 is 11.6. The molecule has 2 amide bonds. The molecular weight excluding hydrogens is 392 g/mol. The monoisotopic (exact) mass is 426 g/mol. The number of aryl methyl sites for hydroxylation is 2. The van der Waals surface area contributed by atoms with Gasteiger partial charge in [-0.25, -0.2) is 0 Å². The molecule has 6 nitrogen and oxygen atoms in total. The lowest BCUT2D eigenvalue weighted by Crippen LogP contribution is -2.41. The van der Waals surface area contributed by atoms with Crippen LogP contribution in [0.15, 0.2) is 48.5 Å². The molecule has 0 saturated heterocycles. The van der Waals surface area contributed by atoms with Crippen molar-refractivity contribution in [2.45, 2.75) is 59.2 Å². The zero-order valence-corrected chi connectivity index (χ0v) is 18.9. The number of benzene rings is 2. The lowest BCUT2D eigenvalue weighted by molar-refractivity contribution is -0.128. The zero-order chi connectivity index (χ0) is 22.6. The summed E-state index contributed by atoms with van der Waals surface area (Å²) in [6, 6.07) is 15.3. The summed E-state index contributed by atoms with van der Waals surface area (Å²) in [6.45, 7) is 8.72. The Kier molecular flexibility index (Phi) is 9.88. The van der Waals surface area contributed by atoms with Crippen LogP contribution in [0, 0.1) is 13.8 Å². The molecule has 0 spiro atoms. The molecule has 0 aliphatic carbocycles. The van der Waals surface area contributed by atoms with Gasteiger partial charge in [-0.2, -0.15) is 0 Å². The van der Waals surface area contributed by atoms with Crippen LogP contribution in [0.4, 0.5) is 0 Å². The first-order valence-electron chi connectivity index (χ1n) is 10.9. The number of carbonyl (C=O) groups excluding carboxylic acids is 2. The Hall–Kier alpha value is -3.02. The molecule has 31 heavy (non-hydrogen) atoms. The van der Waals surface area contributed by atoms with Gasteiger partial charge in [0, 0.05) is 13.1 Å². The van der Waals surface area contributed by atoms with Gasteiger partial charge >= 0.3 is 0 Å². The maximum atomic E-state index is 12.4. The van der Waals surface area contributed by atoms with E-state index < -0.39 is 12.2 Å². The number of ether oxygens (including phenoxy) is 2. The van der Waals surface area contributed by atoms with Crippen LogP contribution in [0.25, 0.3) is 0 Å². The van der Waals surface area contributed by atoms with E-state index in [9.17, 15) is 9.59 Å². The van der Waals surface area contributed by atoms with Crippen LogP contribution in [0.5, 0.6) is 11.5 Å². The summed E-state index contributed by atoms with van der Waals surface area (Å²) in [5, 5.41) is 5.77. The minimum atomic E-state index is -0.538. The normalized spacial score (nSPS) is 12.5. The van der Waals surface area contributed by atoms with Gasteiger partial charge < -0.3 is 20.1 Å². The zero-order valence-electron chi connectivity index (χ0n) is 18.9. The van der Waals surface area contributed by atoms with Gasteiger partial charge in [-0.3, -0.25) is 9.59 Å². The second kappa shape index (κ2) is 12.6. The second-order valence-corrected chi connectivity index (χ2v) is 7.60. The number of nitrogens with one attached hydrogen (secondary N) is 2. The molecule has 0 radical (unpaired) electrons. The molecule has 2 unspecified atom stereocenters. The summed E-state index contributed by atoms with van der Waals surface area (Å²) in [5.41, 5.74) is 2.17. The number of hydrogen-bond donors (Lipinski definition) is 2. The first kappa shape index (κ1) is 24.3. The molecule has 2 aromatic carbocycles. The molecule has 0 aliphatic heterocycles. The molecule has 168 valence electrons. The Bertz CT molecular complexity index is 783. The molecule has 0 aliphatic rings. The summed E-state index contributed by atoms with van der Waals surface area (Å²) in [5.74, 6) is 1.08. The van der Waals surface area contributed by atoms with E-state index in [0.717, 1.165) is 11.1 Å². The van der Waals surface area contributed by atoms with Crippen LogP contribution in [0.1, 0.15) is 44.2 Å². The smallest absolute Gasteiger partial charge is 0.261 e. The lowest BCUT2D eigenvalue weighted by Gasteiger charge is -2.18. The topological polar surface area (TPSA) is 76.7 Å². The fraction of sp³-hybridized carbons (Fsp3) is 0.440. The number of amides is 2. The average molecular weight is 427 g/mol. The fourth-order valence-electron chi connectivity index (χ4n) is 3.09. The van der Waals surface area contributed by atoms with Crippen molar-refractivity contribution in [3.8, 4) is 11.5 Å². The predicted octanol–water partition coefficient (Wildman–Crippen LogP) is 3.94. The quantitative estimate of drug-likeness (QED) is 0.504. The fourth-order valence-corrected chi connectivity index (χ4v) is 3.09. The molecule has 2 N–H and O–H groups in total. The third-order valence-electron chi connectivity index (χ3n) is 4.81. The Morgan fingerprint density at radius 1 is 0.774 bits per heavy atom. The third-order valence-corrected chi connectivity index (χ3v) is 4.81. The van der Waals surface area contributed by atoms with Gasteiger partial charge in [0.05, 0.1) is 0 Å². The first-order valence-corrected chi connectivity index (χ1v) is 10.9. The third kappa shape index (κ3) is 8.32. The molecule has 0 saturated carbocycles. The van der Waals surface area contributed by atoms with Crippen molar-refractivity contribution in [1.29, 1.82) is 0 Å². The molecule has 0 aromatic heterocycles. The highest BCUT2D eigenvalue weighted by Gasteiger charge is 2.19. The average Bonchev–Trinajstić information content (AvgIpc) is 2.75. The van der Waals surface area contributed by atoms with E-state index in [1.54, 1.807) is 0 Å². The van der Waals surface area contributed by atoms with Crippen LogP contribution in [-0.2, 0) is 9.59 Å².